The Morgan fingerprint density at radius 3 is 2.81 bits per heavy atom. The van der Waals surface area contributed by atoms with E-state index >= 15 is 0 Å². The van der Waals surface area contributed by atoms with Crippen LogP contribution in [0.5, 0.6) is 0 Å². The van der Waals surface area contributed by atoms with Gasteiger partial charge in [-0.2, -0.15) is 5.11 Å². The number of carbonyl (C=O) groups is 1. The number of amides is 1. The maximum atomic E-state index is 10.6. The Hall–Kier alpha value is -2.51. The molecule has 0 fully saturated rings. The van der Waals surface area contributed by atoms with Crippen molar-refractivity contribution in [3.8, 4) is 0 Å². The predicted octanol–water partition coefficient (Wildman–Crippen LogP) is 0.859. The number of benzene rings is 1. The van der Waals surface area contributed by atoms with Gasteiger partial charge in [-0.15, -0.1) is 0 Å². The molecule has 0 heterocycles. The summed E-state index contributed by atoms with van der Waals surface area (Å²) < 4.78 is 0. The Labute approximate surface area is 90.3 Å². The van der Waals surface area contributed by atoms with Crippen molar-refractivity contribution in [2.24, 2.45) is 16.1 Å². The summed E-state index contributed by atoms with van der Waals surface area (Å²) >= 11 is 0. The highest BCUT2D eigenvalue weighted by atomic mass is 16.6. The van der Waals surface area contributed by atoms with Gasteiger partial charge in [0, 0.05) is 6.07 Å². The molecule has 8 heteroatoms. The van der Waals surface area contributed by atoms with Gasteiger partial charge in [-0.1, -0.05) is 17.4 Å². The third-order valence-electron chi connectivity index (χ3n) is 1.57. The molecule has 0 aliphatic rings. The van der Waals surface area contributed by atoms with E-state index in [0.717, 1.165) is 0 Å². The van der Waals surface area contributed by atoms with Crippen LogP contribution in [0.1, 0.15) is 0 Å². The molecule has 0 aliphatic heterocycles. The first-order valence-corrected chi connectivity index (χ1v) is 4.25. The van der Waals surface area contributed by atoms with E-state index in [2.05, 4.69) is 15.8 Å². The van der Waals surface area contributed by atoms with Gasteiger partial charge in [-0.25, -0.2) is 0 Å². The normalized spacial score (nSPS) is 10.2. The Morgan fingerprint density at radius 1 is 1.50 bits per heavy atom. The average molecular weight is 223 g/mol. The molecule has 0 spiro atoms. The number of hydrogen-bond acceptors (Lipinski definition) is 5. The number of nitrogens with zero attached hydrogens (tertiary/aromatic N) is 3. The number of hydrogen-bond donors (Lipinski definition) is 2. The fraction of sp³-hybridized carbons (Fsp3) is 0.125. The molecule has 3 N–H and O–H groups in total. The van der Waals surface area contributed by atoms with E-state index < -0.39 is 10.8 Å². The number of rotatable bonds is 5. The summed E-state index contributed by atoms with van der Waals surface area (Å²) in [7, 11) is 0. The minimum atomic E-state index is -0.631. The van der Waals surface area contributed by atoms with Crippen LogP contribution in [0.15, 0.2) is 34.6 Å². The molecule has 1 aromatic carbocycles. The standard InChI is InChI=1S/C8H9N5O3/c9-8(14)5-10-12-11-6-3-1-2-4-7(6)13(15)16/h1-4H,5H2,(H2,9,14)(H,10,11). The van der Waals surface area contributed by atoms with Crippen molar-refractivity contribution in [1.82, 2.24) is 0 Å². The number of primary amides is 1. The molecule has 0 saturated carbocycles. The molecule has 0 bridgehead atoms. The smallest absolute Gasteiger partial charge is 0.294 e. The highest BCUT2D eigenvalue weighted by Crippen LogP contribution is 2.22. The molecule has 1 aromatic rings. The summed E-state index contributed by atoms with van der Waals surface area (Å²) in [5, 5.41) is 17.4. The van der Waals surface area contributed by atoms with E-state index in [0.29, 0.717) is 0 Å². The molecule has 0 unspecified atom stereocenters. The van der Waals surface area contributed by atoms with E-state index in [9.17, 15) is 14.9 Å². The lowest BCUT2D eigenvalue weighted by Crippen LogP contribution is -2.13. The molecule has 1 rings (SSSR count). The minimum Gasteiger partial charge on any atom is -0.368 e. The van der Waals surface area contributed by atoms with Gasteiger partial charge in [-0.05, 0) is 6.07 Å². The van der Waals surface area contributed by atoms with Crippen molar-refractivity contribution < 1.29 is 9.72 Å². The highest BCUT2D eigenvalue weighted by Gasteiger charge is 2.10. The lowest BCUT2D eigenvalue weighted by molar-refractivity contribution is -0.384. The van der Waals surface area contributed by atoms with E-state index in [1.807, 2.05) is 0 Å². The zero-order valence-corrected chi connectivity index (χ0v) is 8.16. The van der Waals surface area contributed by atoms with E-state index in [1.165, 1.54) is 18.2 Å². The third-order valence-corrected chi connectivity index (χ3v) is 1.57. The fourth-order valence-electron chi connectivity index (χ4n) is 0.922. The molecule has 0 aliphatic carbocycles. The zero-order valence-electron chi connectivity index (χ0n) is 8.16. The van der Waals surface area contributed by atoms with Gasteiger partial charge < -0.3 is 5.73 Å². The van der Waals surface area contributed by atoms with Gasteiger partial charge >= 0.3 is 0 Å². The average Bonchev–Trinajstić information content (AvgIpc) is 2.24. The van der Waals surface area contributed by atoms with E-state index in [1.54, 1.807) is 6.07 Å². The van der Waals surface area contributed by atoms with Gasteiger partial charge in [0.1, 0.15) is 12.2 Å². The van der Waals surface area contributed by atoms with Crippen LogP contribution >= 0.6 is 0 Å². The van der Waals surface area contributed by atoms with Crippen LogP contribution in [-0.2, 0) is 4.79 Å². The summed E-state index contributed by atoms with van der Waals surface area (Å²) in [5.74, 6) is -0.631. The molecule has 84 valence electrons. The van der Waals surface area contributed by atoms with Gasteiger partial charge in [0.25, 0.3) is 5.69 Å². The maximum Gasteiger partial charge on any atom is 0.294 e. The van der Waals surface area contributed by atoms with Crippen LogP contribution in [0.3, 0.4) is 0 Å². The number of carbonyl (C=O) groups excluding carboxylic acids is 1. The topological polar surface area (TPSA) is 123 Å². The lowest BCUT2D eigenvalue weighted by atomic mass is 10.3. The molecule has 0 radical (unpaired) electrons. The number of nitrogens with one attached hydrogen (secondary N) is 1. The third kappa shape index (κ3) is 3.33. The Bertz CT molecular complexity index is 431. The molecular weight excluding hydrogens is 214 g/mol. The predicted molar refractivity (Wildman–Crippen MR) is 55.6 cm³/mol. The molecule has 0 atom stereocenters. The van der Waals surface area contributed by atoms with Crippen LogP contribution in [0.4, 0.5) is 11.4 Å². The first-order valence-electron chi connectivity index (χ1n) is 4.25. The highest BCUT2D eigenvalue weighted by molar-refractivity contribution is 5.75. The second-order valence-corrected chi connectivity index (χ2v) is 2.75. The molecular formula is C8H9N5O3. The number of para-hydroxylation sites is 2. The first-order chi connectivity index (χ1) is 7.61. The summed E-state index contributed by atoms with van der Waals surface area (Å²) in [5.41, 5.74) is 7.25. The lowest BCUT2D eigenvalue weighted by Gasteiger charge is -1.99. The van der Waals surface area contributed by atoms with Crippen LogP contribution in [0, 0.1) is 10.1 Å². The molecule has 16 heavy (non-hydrogen) atoms. The van der Waals surface area contributed by atoms with Crippen molar-refractivity contribution >= 4 is 17.3 Å². The van der Waals surface area contributed by atoms with Gasteiger partial charge in [0.15, 0.2) is 0 Å². The van der Waals surface area contributed by atoms with Gasteiger partial charge in [0.05, 0.1) is 4.92 Å². The molecule has 1 amide bonds. The van der Waals surface area contributed by atoms with Crippen molar-refractivity contribution in [3.05, 3.63) is 34.4 Å². The summed E-state index contributed by atoms with van der Waals surface area (Å²) in [6.07, 6.45) is 0. The van der Waals surface area contributed by atoms with Crippen molar-refractivity contribution in [2.45, 2.75) is 0 Å². The molecule has 0 aromatic heterocycles. The second-order valence-electron chi connectivity index (χ2n) is 2.75. The summed E-state index contributed by atoms with van der Waals surface area (Å²) in [6, 6.07) is 5.94. The summed E-state index contributed by atoms with van der Waals surface area (Å²) in [6.45, 7) is -0.270. The Kier molecular flexibility index (Phi) is 3.90. The number of nitro groups is 1. The number of nitrogens with two attached hydrogens (primary N) is 1. The first kappa shape index (κ1) is 11.6. The van der Waals surface area contributed by atoms with Crippen LogP contribution in [0.2, 0.25) is 0 Å². The second kappa shape index (κ2) is 5.39. The largest absolute Gasteiger partial charge is 0.368 e. The van der Waals surface area contributed by atoms with E-state index in [4.69, 9.17) is 5.73 Å². The van der Waals surface area contributed by atoms with Crippen LogP contribution in [-0.4, -0.2) is 17.4 Å². The van der Waals surface area contributed by atoms with Crippen LogP contribution < -0.4 is 11.2 Å². The van der Waals surface area contributed by atoms with Crippen molar-refractivity contribution in [3.63, 3.8) is 0 Å². The van der Waals surface area contributed by atoms with Gasteiger partial charge in [-0.3, -0.25) is 20.3 Å². The minimum absolute atomic E-state index is 0.125. The zero-order chi connectivity index (χ0) is 12.0. The number of anilines is 1. The summed E-state index contributed by atoms with van der Waals surface area (Å²) in [4.78, 5) is 20.4. The molecule has 0 saturated heterocycles. The Morgan fingerprint density at radius 2 is 2.19 bits per heavy atom. The van der Waals surface area contributed by atoms with Crippen molar-refractivity contribution in [2.75, 3.05) is 12.0 Å². The number of nitro benzene ring substituents is 1. The van der Waals surface area contributed by atoms with Crippen LogP contribution in [0.25, 0.3) is 0 Å². The quantitative estimate of drug-likeness (QED) is 0.436. The molecule has 8 nitrogen and oxygen atoms in total. The fourth-order valence-corrected chi connectivity index (χ4v) is 0.922. The van der Waals surface area contributed by atoms with Crippen molar-refractivity contribution in [1.29, 1.82) is 0 Å². The SMILES string of the molecule is NC(=O)CN=NNc1ccccc1[N+](=O)[O-]. The monoisotopic (exact) mass is 223 g/mol. The van der Waals surface area contributed by atoms with E-state index in [-0.39, 0.29) is 17.9 Å². The Balaban J connectivity index is 2.70. The maximum absolute atomic E-state index is 10.6. The van der Waals surface area contributed by atoms with Gasteiger partial charge in [0.2, 0.25) is 5.91 Å².